The Morgan fingerprint density at radius 3 is 2.60 bits per heavy atom. The molecule has 1 heterocycles. The first-order valence-electron chi connectivity index (χ1n) is 6.77. The van der Waals surface area contributed by atoms with Crippen LogP contribution in [0.1, 0.15) is 30.2 Å². The van der Waals surface area contributed by atoms with Gasteiger partial charge in [0.2, 0.25) is 0 Å². The Morgan fingerprint density at radius 1 is 1.20 bits per heavy atom. The van der Waals surface area contributed by atoms with Crippen LogP contribution >= 0.6 is 0 Å². The number of hydrogen-bond donors (Lipinski definition) is 0. The molecular formula is C17H19NO2. The Balaban J connectivity index is 1.91. The molecular weight excluding hydrogens is 250 g/mol. The Bertz CT molecular complexity index is 576. The summed E-state index contributed by atoms with van der Waals surface area (Å²) in [5, 5.41) is 0. The Kier molecular flexibility index (Phi) is 4.88. The lowest BCUT2D eigenvalue weighted by atomic mass is 10.1. The summed E-state index contributed by atoms with van der Waals surface area (Å²) in [6, 6.07) is 11.8. The van der Waals surface area contributed by atoms with Crippen molar-refractivity contribution in [1.29, 1.82) is 0 Å². The van der Waals surface area contributed by atoms with E-state index < -0.39 is 0 Å². The van der Waals surface area contributed by atoms with Crippen molar-refractivity contribution in [2.45, 2.75) is 33.3 Å². The first-order valence-corrected chi connectivity index (χ1v) is 6.77. The number of pyridine rings is 1. The SMILES string of the molecule is CC(=O)CCc1ccc(OCc2ncccc2C)cc1. The second-order valence-electron chi connectivity index (χ2n) is 4.90. The molecule has 0 aliphatic heterocycles. The van der Waals surface area contributed by atoms with E-state index in [1.807, 2.05) is 43.3 Å². The maximum absolute atomic E-state index is 10.9. The first kappa shape index (κ1) is 14.3. The highest BCUT2D eigenvalue weighted by Gasteiger charge is 2.01. The fraction of sp³-hybridized carbons (Fsp3) is 0.294. The van der Waals surface area contributed by atoms with E-state index >= 15 is 0 Å². The van der Waals surface area contributed by atoms with Gasteiger partial charge in [-0.1, -0.05) is 18.2 Å². The molecule has 0 aliphatic carbocycles. The Morgan fingerprint density at radius 2 is 1.95 bits per heavy atom. The van der Waals surface area contributed by atoms with E-state index in [9.17, 15) is 4.79 Å². The van der Waals surface area contributed by atoms with Gasteiger partial charge < -0.3 is 9.53 Å². The van der Waals surface area contributed by atoms with Crippen molar-refractivity contribution < 1.29 is 9.53 Å². The first-order chi connectivity index (χ1) is 9.65. The highest BCUT2D eigenvalue weighted by molar-refractivity contribution is 5.75. The average molecular weight is 269 g/mol. The summed E-state index contributed by atoms with van der Waals surface area (Å²) < 4.78 is 5.72. The highest BCUT2D eigenvalue weighted by atomic mass is 16.5. The van der Waals surface area contributed by atoms with E-state index in [4.69, 9.17) is 4.74 Å². The Hall–Kier alpha value is -2.16. The minimum atomic E-state index is 0.218. The third kappa shape index (κ3) is 4.19. The maximum Gasteiger partial charge on any atom is 0.130 e. The largest absolute Gasteiger partial charge is 0.487 e. The van der Waals surface area contributed by atoms with Crippen LogP contribution in [-0.2, 0) is 17.8 Å². The minimum Gasteiger partial charge on any atom is -0.487 e. The lowest BCUT2D eigenvalue weighted by Crippen LogP contribution is -2.00. The fourth-order valence-corrected chi connectivity index (χ4v) is 1.89. The van der Waals surface area contributed by atoms with Gasteiger partial charge in [0.25, 0.3) is 0 Å². The van der Waals surface area contributed by atoms with E-state index in [2.05, 4.69) is 4.98 Å². The van der Waals surface area contributed by atoms with Crippen LogP contribution in [0, 0.1) is 6.92 Å². The molecule has 2 aromatic rings. The van der Waals surface area contributed by atoms with E-state index in [1.54, 1.807) is 13.1 Å². The summed E-state index contributed by atoms with van der Waals surface area (Å²) in [7, 11) is 0. The summed E-state index contributed by atoms with van der Waals surface area (Å²) in [5.41, 5.74) is 3.24. The van der Waals surface area contributed by atoms with Gasteiger partial charge in [0.15, 0.2) is 0 Å². The molecule has 0 N–H and O–H groups in total. The summed E-state index contributed by atoms with van der Waals surface area (Å²) in [6.07, 6.45) is 3.15. The van der Waals surface area contributed by atoms with Crippen molar-refractivity contribution in [3.63, 3.8) is 0 Å². The van der Waals surface area contributed by atoms with Crippen molar-refractivity contribution in [2.24, 2.45) is 0 Å². The van der Waals surface area contributed by atoms with Crippen molar-refractivity contribution in [2.75, 3.05) is 0 Å². The molecule has 2 rings (SSSR count). The minimum absolute atomic E-state index is 0.218. The normalized spacial score (nSPS) is 10.3. The molecule has 0 bridgehead atoms. The number of ether oxygens (including phenoxy) is 1. The van der Waals surface area contributed by atoms with Gasteiger partial charge in [0.05, 0.1) is 5.69 Å². The van der Waals surface area contributed by atoms with E-state index in [0.717, 1.165) is 29.0 Å². The molecule has 3 heteroatoms. The molecule has 0 amide bonds. The van der Waals surface area contributed by atoms with Crippen LogP contribution in [-0.4, -0.2) is 10.8 Å². The zero-order valence-corrected chi connectivity index (χ0v) is 11.9. The molecule has 0 unspecified atom stereocenters. The standard InChI is InChI=1S/C17H19NO2/c1-13-4-3-11-18-17(13)12-20-16-9-7-15(8-10-16)6-5-14(2)19/h3-4,7-11H,5-6,12H2,1-2H3. The molecule has 0 fully saturated rings. The summed E-state index contributed by atoms with van der Waals surface area (Å²) in [6.45, 7) is 4.11. The van der Waals surface area contributed by atoms with Gasteiger partial charge in [0, 0.05) is 12.6 Å². The number of hydrogen-bond acceptors (Lipinski definition) is 3. The number of Topliss-reactive ketones (excluding diaryl/α,β-unsaturated/α-hetero) is 1. The van der Waals surface area contributed by atoms with Crippen LogP contribution < -0.4 is 4.74 Å². The van der Waals surface area contributed by atoms with E-state index in [-0.39, 0.29) is 5.78 Å². The van der Waals surface area contributed by atoms with Crippen LogP contribution in [0.5, 0.6) is 5.75 Å². The molecule has 0 spiro atoms. The van der Waals surface area contributed by atoms with Crippen LogP contribution in [0.4, 0.5) is 0 Å². The van der Waals surface area contributed by atoms with Crippen molar-refractivity contribution in [3.8, 4) is 5.75 Å². The topological polar surface area (TPSA) is 39.2 Å². The monoisotopic (exact) mass is 269 g/mol. The molecule has 0 saturated carbocycles. The van der Waals surface area contributed by atoms with Gasteiger partial charge >= 0.3 is 0 Å². The van der Waals surface area contributed by atoms with Crippen LogP contribution in [0.3, 0.4) is 0 Å². The van der Waals surface area contributed by atoms with Crippen LogP contribution in [0.2, 0.25) is 0 Å². The van der Waals surface area contributed by atoms with E-state index in [0.29, 0.717) is 13.0 Å². The lowest BCUT2D eigenvalue weighted by molar-refractivity contribution is -0.116. The number of carbonyl (C=O) groups excluding carboxylic acids is 1. The second kappa shape index (κ2) is 6.85. The molecule has 1 aromatic heterocycles. The molecule has 1 aromatic carbocycles. The number of nitrogens with zero attached hydrogens (tertiary/aromatic N) is 1. The third-order valence-electron chi connectivity index (χ3n) is 3.18. The summed E-state index contributed by atoms with van der Waals surface area (Å²) in [4.78, 5) is 15.2. The molecule has 20 heavy (non-hydrogen) atoms. The lowest BCUT2D eigenvalue weighted by Gasteiger charge is -2.08. The number of rotatable bonds is 6. The molecule has 104 valence electrons. The summed E-state index contributed by atoms with van der Waals surface area (Å²) in [5.74, 6) is 1.04. The molecule has 0 aliphatic rings. The van der Waals surface area contributed by atoms with Crippen LogP contribution in [0.25, 0.3) is 0 Å². The van der Waals surface area contributed by atoms with Gasteiger partial charge in [-0.2, -0.15) is 0 Å². The van der Waals surface area contributed by atoms with Gasteiger partial charge in [-0.25, -0.2) is 0 Å². The van der Waals surface area contributed by atoms with Gasteiger partial charge in [-0.3, -0.25) is 4.98 Å². The predicted octanol–water partition coefficient (Wildman–Crippen LogP) is 3.49. The number of benzene rings is 1. The molecule has 0 radical (unpaired) electrons. The van der Waals surface area contributed by atoms with E-state index in [1.165, 1.54) is 0 Å². The highest BCUT2D eigenvalue weighted by Crippen LogP contribution is 2.15. The smallest absolute Gasteiger partial charge is 0.130 e. The van der Waals surface area contributed by atoms with Crippen molar-refractivity contribution >= 4 is 5.78 Å². The van der Waals surface area contributed by atoms with Crippen molar-refractivity contribution in [3.05, 3.63) is 59.4 Å². The Labute approximate surface area is 119 Å². The summed E-state index contributed by atoms with van der Waals surface area (Å²) >= 11 is 0. The molecule has 3 nitrogen and oxygen atoms in total. The number of aryl methyl sites for hydroxylation is 2. The number of carbonyl (C=O) groups is 1. The zero-order valence-electron chi connectivity index (χ0n) is 11.9. The number of aromatic nitrogens is 1. The fourth-order valence-electron chi connectivity index (χ4n) is 1.89. The second-order valence-corrected chi connectivity index (χ2v) is 4.90. The van der Waals surface area contributed by atoms with Gasteiger partial charge in [0.1, 0.15) is 18.1 Å². The zero-order chi connectivity index (χ0) is 14.4. The quantitative estimate of drug-likeness (QED) is 0.805. The molecule has 0 saturated heterocycles. The van der Waals surface area contributed by atoms with Gasteiger partial charge in [-0.05, 0) is 49.6 Å². The van der Waals surface area contributed by atoms with Gasteiger partial charge in [-0.15, -0.1) is 0 Å². The van der Waals surface area contributed by atoms with Crippen molar-refractivity contribution in [1.82, 2.24) is 4.98 Å². The third-order valence-corrected chi connectivity index (χ3v) is 3.18. The van der Waals surface area contributed by atoms with Crippen LogP contribution in [0.15, 0.2) is 42.6 Å². The maximum atomic E-state index is 10.9. The predicted molar refractivity (Wildman–Crippen MR) is 78.8 cm³/mol. The molecule has 0 atom stereocenters. The average Bonchev–Trinajstić information content (AvgIpc) is 2.45. The number of ketones is 1.